The maximum absolute atomic E-state index is 10.6. The molecule has 2 nitrogen and oxygen atoms in total. The van der Waals surface area contributed by atoms with Crippen molar-refractivity contribution >= 4 is 34.0 Å². The first-order valence-corrected chi connectivity index (χ1v) is 6.89. The molecule has 1 N–H and O–H groups in total. The molecule has 0 aliphatic heterocycles. The Morgan fingerprint density at radius 3 is 2.35 bits per heavy atom. The number of fused-ring (bicyclic) bond motifs is 1. The normalized spacial score (nSPS) is 12.6. The number of hydrogen-bond donors (Lipinski definition) is 1. The number of benzene rings is 2. The molecule has 100 valence electrons. The zero-order valence-corrected chi connectivity index (χ0v) is 11.9. The quantitative estimate of drug-likeness (QED) is 0.749. The van der Waals surface area contributed by atoms with Crippen LogP contribution in [0.5, 0.6) is 0 Å². The largest absolute Gasteiger partial charge is 0.382 e. The highest BCUT2D eigenvalue weighted by Crippen LogP contribution is 2.35. The standard InChI is InChI=1S/C16H11Cl2NO/c17-12-6-3-7-13(18)14(12)16(20)15-11-5-2-1-4-10(11)8-9-19-15/h1-9,16,20H/t16-/m1/s1. The molecule has 3 aromatic rings. The average molecular weight is 304 g/mol. The van der Waals surface area contributed by atoms with Crippen LogP contribution < -0.4 is 0 Å². The minimum Gasteiger partial charge on any atom is -0.382 e. The Morgan fingerprint density at radius 1 is 0.900 bits per heavy atom. The molecule has 4 heteroatoms. The molecule has 0 amide bonds. The van der Waals surface area contributed by atoms with Crippen molar-refractivity contribution in [1.82, 2.24) is 4.98 Å². The second-order valence-corrected chi connectivity index (χ2v) is 5.27. The molecule has 0 aliphatic rings. The van der Waals surface area contributed by atoms with Crippen LogP contribution in [-0.2, 0) is 0 Å². The van der Waals surface area contributed by atoms with Gasteiger partial charge in [-0.15, -0.1) is 0 Å². The van der Waals surface area contributed by atoms with Crippen LogP contribution in [0.15, 0.2) is 54.7 Å². The predicted molar refractivity (Wildman–Crippen MR) is 82.3 cm³/mol. The van der Waals surface area contributed by atoms with Gasteiger partial charge in [-0.1, -0.05) is 53.5 Å². The molecular formula is C16H11Cl2NO. The fraction of sp³-hybridized carbons (Fsp3) is 0.0625. The first-order valence-electron chi connectivity index (χ1n) is 6.14. The van der Waals surface area contributed by atoms with E-state index in [0.717, 1.165) is 10.8 Å². The molecule has 0 saturated heterocycles. The fourth-order valence-corrected chi connectivity index (χ4v) is 2.87. The van der Waals surface area contributed by atoms with Gasteiger partial charge in [0.2, 0.25) is 0 Å². The Kier molecular flexibility index (Phi) is 3.62. The third kappa shape index (κ3) is 2.27. The van der Waals surface area contributed by atoms with Crippen molar-refractivity contribution in [3.05, 3.63) is 76.0 Å². The summed E-state index contributed by atoms with van der Waals surface area (Å²) in [5.41, 5.74) is 1.04. The summed E-state index contributed by atoms with van der Waals surface area (Å²) in [6.07, 6.45) is 0.716. The summed E-state index contributed by atoms with van der Waals surface area (Å²) in [4.78, 5) is 4.30. The van der Waals surface area contributed by atoms with Crippen molar-refractivity contribution in [3.8, 4) is 0 Å². The van der Waals surface area contributed by atoms with Gasteiger partial charge in [0.05, 0.1) is 5.69 Å². The average Bonchev–Trinajstić information content (AvgIpc) is 2.46. The SMILES string of the molecule is O[C@H](c1c(Cl)cccc1Cl)c1nccc2ccccc12. The highest BCUT2D eigenvalue weighted by Gasteiger charge is 2.20. The zero-order chi connectivity index (χ0) is 14.1. The molecule has 0 radical (unpaired) electrons. The Hall–Kier alpha value is -1.61. The van der Waals surface area contributed by atoms with Crippen molar-refractivity contribution < 1.29 is 5.11 Å². The van der Waals surface area contributed by atoms with E-state index in [1.807, 2.05) is 30.3 Å². The van der Waals surface area contributed by atoms with E-state index in [0.29, 0.717) is 21.3 Å². The molecule has 20 heavy (non-hydrogen) atoms. The van der Waals surface area contributed by atoms with E-state index < -0.39 is 6.10 Å². The van der Waals surface area contributed by atoms with E-state index in [-0.39, 0.29) is 0 Å². The van der Waals surface area contributed by atoms with Crippen molar-refractivity contribution in [2.75, 3.05) is 0 Å². The van der Waals surface area contributed by atoms with Gasteiger partial charge in [-0.3, -0.25) is 4.98 Å². The van der Waals surface area contributed by atoms with Gasteiger partial charge in [0.25, 0.3) is 0 Å². The second kappa shape index (κ2) is 5.41. The lowest BCUT2D eigenvalue weighted by molar-refractivity contribution is 0.217. The van der Waals surface area contributed by atoms with E-state index in [1.165, 1.54) is 0 Å². The highest BCUT2D eigenvalue weighted by atomic mass is 35.5. The van der Waals surface area contributed by atoms with Crippen LogP contribution in [0, 0.1) is 0 Å². The van der Waals surface area contributed by atoms with Gasteiger partial charge in [-0.05, 0) is 23.6 Å². The minimum atomic E-state index is -0.956. The molecule has 0 aliphatic carbocycles. The molecule has 1 atom stereocenters. The number of pyridine rings is 1. The maximum Gasteiger partial charge on any atom is 0.124 e. The molecule has 3 rings (SSSR count). The topological polar surface area (TPSA) is 33.1 Å². The summed E-state index contributed by atoms with van der Waals surface area (Å²) in [5, 5.41) is 13.4. The first-order chi connectivity index (χ1) is 9.68. The molecule has 0 bridgehead atoms. The Bertz CT molecular complexity index is 748. The number of rotatable bonds is 2. The van der Waals surface area contributed by atoms with E-state index in [9.17, 15) is 5.11 Å². The summed E-state index contributed by atoms with van der Waals surface area (Å²) in [6.45, 7) is 0. The van der Waals surface area contributed by atoms with Crippen LogP contribution in [0.25, 0.3) is 10.8 Å². The van der Waals surface area contributed by atoms with E-state index in [4.69, 9.17) is 23.2 Å². The van der Waals surface area contributed by atoms with E-state index in [1.54, 1.807) is 24.4 Å². The summed E-state index contributed by atoms with van der Waals surface area (Å²) in [5.74, 6) is 0. The van der Waals surface area contributed by atoms with Gasteiger partial charge in [0.1, 0.15) is 6.10 Å². The summed E-state index contributed by atoms with van der Waals surface area (Å²) in [6, 6.07) is 14.8. The first kappa shape index (κ1) is 13.4. The van der Waals surface area contributed by atoms with Crippen LogP contribution >= 0.6 is 23.2 Å². The van der Waals surface area contributed by atoms with Gasteiger partial charge in [0.15, 0.2) is 0 Å². The fourth-order valence-electron chi connectivity index (χ4n) is 2.27. The van der Waals surface area contributed by atoms with Gasteiger partial charge < -0.3 is 5.11 Å². The molecule has 1 heterocycles. The van der Waals surface area contributed by atoms with E-state index in [2.05, 4.69) is 4.98 Å². The summed E-state index contributed by atoms with van der Waals surface area (Å²) < 4.78 is 0. The molecule has 1 aromatic heterocycles. The summed E-state index contributed by atoms with van der Waals surface area (Å²) in [7, 11) is 0. The minimum absolute atomic E-state index is 0.430. The van der Waals surface area contributed by atoms with Crippen molar-refractivity contribution in [3.63, 3.8) is 0 Å². The number of halogens is 2. The van der Waals surface area contributed by atoms with Crippen molar-refractivity contribution in [2.24, 2.45) is 0 Å². The number of nitrogens with zero attached hydrogens (tertiary/aromatic N) is 1. The highest BCUT2D eigenvalue weighted by molar-refractivity contribution is 6.36. The molecule has 2 aromatic carbocycles. The molecule has 0 fully saturated rings. The predicted octanol–water partition coefficient (Wildman–Crippen LogP) is 4.62. The van der Waals surface area contributed by atoms with Crippen LogP contribution in [0.3, 0.4) is 0 Å². The van der Waals surface area contributed by atoms with Crippen LogP contribution in [0.2, 0.25) is 10.0 Å². The van der Waals surface area contributed by atoms with E-state index >= 15 is 0 Å². The Morgan fingerprint density at radius 2 is 1.60 bits per heavy atom. The maximum atomic E-state index is 10.6. The summed E-state index contributed by atoms with van der Waals surface area (Å²) >= 11 is 12.3. The molecule has 0 spiro atoms. The Balaban J connectivity index is 2.21. The lowest BCUT2D eigenvalue weighted by Crippen LogP contribution is -2.04. The Labute approximate surface area is 126 Å². The second-order valence-electron chi connectivity index (χ2n) is 4.46. The van der Waals surface area contributed by atoms with Crippen molar-refractivity contribution in [1.29, 1.82) is 0 Å². The van der Waals surface area contributed by atoms with Crippen LogP contribution in [0.4, 0.5) is 0 Å². The molecule has 0 saturated carbocycles. The number of aliphatic hydroxyl groups excluding tert-OH is 1. The molecular weight excluding hydrogens is 293 g/mol. The van der Waals surface area contributed by atoms with Gasteiger partial charge in [0, 0.05) is 27.2 Å². The zero-order valence-electron chi connectivity index (χ0n) is 10.4. The monoisotopic (exact) mass is 303 g/mol. The van der Waals surface area contributed by atoms with Gasteiger partial charge in [-0.2, -0.15) is 0 Å². The van der Waals surface area contributed by atoms with Crippen LogP contribution in [0.1, 0.15) is 17.4 Å². The van der Waals surface area contributed by atoms with Crippen LogP contribution in [-0.4, -0.2) is 10.1 Å². The number of aromatic nitrogens is 1. The lowest BCUT2D eigenvalue weighted by atomic mass is 10.0. The van der Waals surface area contributed by atoms with Gasteiger partial charge >= 0.3 is 0 Å². The smallest absolute Gasteiger partial charge is 0.124 e. The third-order valence-corrected chi connectivity index (χ3v) is 3.90. The third-order valence-electron chi connectivity index (χ3n) is 3.24. The number of hydrogen-bond acceptors (Lipinski definition) is 2. The van der Waals surface area contributed by atoms with Crippen molar-refractivity contribution in [2.45, 2.75) is 6.10 Å². The van der Waals surface area contributed by atoms with Gasteiger partial charge in [-0.25, -0.2) is 0 Å². The lowest BCUT2D eigenvalue weighted by Gasteiger charge is -2.15. The molecule has 0 unspecified atom stereocenters. The number of aliphatic hydroxyl groups is 1.